The van der Waals surface area contributed by atoms with Crippen LogP contribution in [0.4, 0.5) is 18.0 Å². The number of hydrogen-bond acceptors (Lipinski definition) is 10. The van der Waals surface area contributed by atoms with Gasteiger partial charge in [0.2, 0.25) is 21.8 Å². The number of halogens is 3. The van der Waals surface area contributed by atoms with Gasteiger partial charge in [0.25, 0.3) is 5.91 Å². The van der Waals surface area contributed by atoms with E-state index in [9.17, 15) is 40.8 Å². The Kier molecular flexibility index (Phi) is 10.6. The van der Waals surface area contributed by atoms with Crippen molar-refractivity contribution in [2.45, 2.75) is 151 Å². The Balaban J connectivity index is 1.14. The summed E-state index contributed by atoms with van der Waals surface area (Å²) in [7, 11) is -4.06. The number of benzene rings is 1. The first kappa shape index (κ1) is 41.1. The minimum Gasteiger partial charge on any atom is -0.483 e. The Bertz CT molecular complexity index is 2190. The fraction of sp³-hybridized carbons (Fsp3) is 0.634. The van der Waals surface area contributed by atoms with Crippen molar-refractivity contribution in [2.24, 2.45) is 5.92 Å². The van der Waals surface area contributed by atoms with E-state index in [0.29, 0.717) is 66.4 Å². The van der Waals surface area contributed by atoms with Gasteiger partial charge in [0.15, 0.2) is 0 Å². The van der Waals surface area contributed by atoms with Crippen molar-refractivity contribution in [3.8, 4) is 11.5 Å². The van der Waals surface area contributed by atoms with Crippen LogP contribution in [0.1, 0.15) is 108 Å². The lowest BCUT2D eigenvalue weighted by Gasteiger charge is -2.48. The van der Waals surface area contributed by atoms with Crippen LogP contribution in [-0.2, 0) is 35.6 Å². The second-order valence-corrected chi connectivity index (χ2v) is 19.6. The second kappa shape index (κ2) is 15.1. The van der Waals surface area contributed by atoms with E-state index in [1.54, 1.807) is 13.8 Å². The Labute approximate surface area is 340 Å². The van der Waals surface area contributed by atoms with Crippen LogP contribution in [0.3, 0.4) is 0 Å². The van der Waals surface area contributed by atoms with Gasteiger partial charge in [-0.3, -0.25) is 19.1 Å². The van der Waals surface area contributed by atoms with Crippen molar-refractivity contribution < 1.29 is 55.0 Å². The molecular formula is C41H50F3N5O9S. The van der Waals surface area contributed by atoms with Crippen molar-refractivity contribution in [2.75, 3.05) is 6.54 Å². The summed E-state index contributed by atoms with van der Waals surface area (Å²) in [5, 5.41) is 6.12. The SMILES string of the molecule is Cc1nc2ccc(OC(F)(F)F)cc2c2c1OC1(CC2)CC2C(=O)NC3(C(=O)NS(=O)(=O)C4(C)CC4)CCC3C=CCCCCCC(NC(=O)OC3CCC3)C(=O)N2C1. The molecule has 320 valence electrons. The summed E-state index contributed by atoms with van der Waals surface area (Å²) in [6, 6.07) is 1.63. The van der Waals surface area contributed by atoms with Crippen LogP contribution < -0.4 is 24.8 Å². The van der Waals surface area contributed by atoms with Crippen LogP contribution in [-0.4, -0.2) is 89.1 Å². The smallest absolute Gasteiger partial charge is 0.483 e. The molecule has 1 aromatic carbocycles. The van der Waals surface area contributed by atoms with E-state index in [1.165, 1.54) is 23.1 Å². The molecule has 0 bridgehead atoms. The average Bonchev–Trinajstić information content (AvgIpc) is 3.81. The molecule has 3 aliphatic carbocycles. The molecule has 3 N–H and O–H groups in total. The number of hydrogen-bond donors (Lipinski definition) is 3. The number of pyridine rings is 1. The van der Waals surface area contributed by atoms with Gasteiger partial charge in [-0.2, -0.15) is 0 Å². The highest BCUT2D eigenvalue weighted by Crippen LogP contribution is 2.47. The van der Waals surface area contributed by atoms with E-state index in [4.69, 9.17) is 9.47 Å². The van der Waals surface area contributed by atoms with Gasteiger partial charge in [0.1, 0.15) is 40.8 Å². The first-order valence-corrected chi connectivity index (χ1v) is 22.1. The Morgan fingerprint density at radius 1 is 1.03 bits per heavy atom. The van der Waals surface area contributed by atoms with Gasteiger partial charge < -0.3 is 29.7 Å². The normalized spacial score (nSPS) is 29.6. The number of fused-ring (bicyclic) bond motifs is 5. The minimum absolute atomic E-state index is 0.0352. The third-order valence-corrected chi connectivity index (χ3v) is 15.4. The van der Waals surface area contributed by atoms with E-state index < -0.39 is 79.8 Å². The van der Waals surface area contributed by atoms with Crippen molar-refractivity contribution in [3.63, 3.8) is 0 Å². The lowest BCUT2D eigenvalue weighted by Crippen LogP contribution is -2.70. The van der Waals surface area contributed by atoms with Crippen LogP contribution in [0.25, 0.3) is 10.9 Å². The van der Waals surface area contributed by atoms with Gasteiger partial charge in [-0.15, -0.1) is 13.2 Å². The Morgan fingerprint density at radius 2 is 1.81 bits per heavy atom. The molecule has 2 aromatic rings. The lowest BCUT2D eigenvalue weighted by molar-refractivity contribution is -0.274. The number of nitrogens with zero attached hydrogens (tertiary/aromatic N) is 2. The summed E-state index contributed by atoms with van der Waals surface area (Å²) in [5.41, 5.74) is -1.28. The molecule has 3 saturated carbocycles. The number of aromatic nitrogens is 1. The summed E-state index contributed by atoms with van der Waals surface area (Å²) < 4.78 is 83.8. The van der Waals surface area contributed by atoms with Crippen LogP contribution in [0.2, 0.25) is 0 Å². The number of allylic oxidation sites excluding steroid dienone is 1. The fourth-order valence-corrected chi connectivity index (χ4v) is 10.4. The van der Waals surface area contributed by atoms with Gasteiger partial charge in [-0.25, -0.2) is 18.2 Å². The predicted octanol–water partition coefficient (Wildman–Crippen LogP) is 5.54. The van der Waals surface area contributed by atoms with Crippen LogP contribution in [0.15, 0.2) is 30.4 Å². The first-order valence-electron chi connectivity index (χ1n) is 20.6. The van der Waals surface area contributed by atoms with E-state index in [1.807, 2.05) is 12.2 Å². The van der Waals surface area contributed by atoms with Crippen molar-refractivity contribution in [3.05, 3.63) is 41.6 Å². The van der Waals surface area contributed by atoms with Crippen molar-refractivity contribution in [1.82, 2.24) is 25.2 Å². The number of rotatable bonds is 6. The van der Waals surface area contributed by atoms with Crippen molar-refractivity contribution in [1.29, 1.82) is 0 Å². The van der Waals surface area contributed by atoms with Crippen LogP contribution >= 0.6 is 0 Å². The van der Waals surface area contributed by atoms with Crippen LogP contribution in [0.5, 0.6) is 11.5 Å². The molecule has 5 atom stereocenters. The monoisotopic (exact) mass is 845 g/mol. The highest BCUT2D eigenvalue weighted by atomic mass is 32.2. The van der Waals surface area contributed by atoms with E-state index >= 15 is 0 Å². The first-order chi connectivity index (χ1) is 27.9. The molecule has 8 rings (SSSR count). The number of alkyl carbamates (subject to hydrolysis) is 1. The summed E-state index contributed by atoms with van der Waals surface area (Å²) in [4.78, 5) is 62.8. The maximum Gasteiger partial charge on any atom is 0.573 e. The third kappa shape index (κ3) is 8.04. The zero-order valence-corrected chi connectivity index (χ0v) is 33.9. The van der Waals surface area contributed by atoms with Gasteiger partial charge in [-0.1, -0.05) is 25.0 Å². The van der Waals surface area contributed by atoms with Crippen molar-refractivity contribution >= 4 is 44.7 Å². The second-order valence-electron chi connectivity index (χ2n) is 17.4. The summed E-state index contributed by atoms with van der Waals surface area (Å²) in [6.07, 6.45) is 5.31. The molecule has 59 heavy (non-hydrogen) atoms. The van der Waals surface area contributed by atoms with Crippen LogP contribution in [0, 0.1) is 12.8 Å². The summed E-state index contributed by atoms with van der Waals surface area (Å²) in [6.45, 7) is 3.18. The van der Waals surface area contributed by atoms with Gasteiger partial charge in [0, 0.05) is 23.3 Å². The fourth-order valence-electron chi connectivity index (χ4n) is 9.06. The molecule has 1 saturated heterocycles. The highest BCUT2D eigenvalue weighted by Gasteiger charge is 2.59. The quantitative estimate of drug-likeness (QED) is 0.313. The molecule has 4 heterocycles. The van der Waals surface area contributed by atoms with E-state index in [-0.39, 0.29) is 38.3 Å². The third-order valence-electron chi connectivity index (χ3n) is 13.3. The number of amides is 4. The number of aryl methyl sites for hydroxylation is 2. The number of alkyl halides is 3. The topological polar surface area (TPSA) is 182 Å². The van der Waals surface area contributed by atoms with E-state index in [2.05, 4.69) is 25.1 Å². The zero-order chi connectivity index (χ0) is 42.0. The predicted molar refractivity (Wildman–Crippen MR) is 207 cm³/mol. The molecule has 4 fully saturated rings. The lowest BCUT2D eigenvalue weighted by atomic mass is 9.65. The Morgan fingerprint density at radius 3 is 2.49 bits per heavy atom. The number of ether oxygens (including phenoxy) is 3. The molecule has 1 aromatic heterocycles. The number of nitrogens with one attached hydrogen (secondary N) is 3. The molecule has 18 heteroatoms. The maximum absolute atomic E-state index is 14.8. The number of carbonyl (C=O) groups is 4. The largest absolute Gasteiger partial charge is 0.573 e. The maximum atomic E-state index is 14.8. The summed E-state index contributed by atoms with van der Waals surface area (Å²) in [5.74, 6) is -2.66. The highest BCUT2D eigenvalue weighted by molar-refractivity contribution is 7.91. The molecule has 1 spiro atoms. The molecule has 5 unspecified atom stereocenters. The standard InChI is InChI=1S/C41H50F3N5O9S/c1-24-33-28(29-21-27(57-41(42,43)44)13-14-30(29)45-24)16-17-39(58-33)22-32-34(50)47-40(36(52)48-59(54,55)38(2)19-20-38)18-15-25(40)9-6-4-3-5-7-12-31(35(51)49(32)23-39)46-37(53)56-26-10-8-11-26/h6,9,13-14,21,25-26,31-32H,3-5,7-8,10-12,15-20,22-23H2,1-2H3,(H,46,53)(H,47,50)(H,48,52). The molecule has 4 amide bonds. The zero-order valence-electron chi connectivity index (χ0n) is 33.1. The van der Waals surface area contributed by atoms with Gasteiger partial charge in [-0.05, 0) is 109 Å². The Hall–Kier alpha value is -4.61. The molecule has 14 nitrogen and oxygen atoms in total. The van der Waals surface area contributed by atoms with Gasteiger partial charge in [0.05, 0.1) is 22.5 Å². The van der Waals surface area contributed by atoms with Gasteiger partial charge >= 0.3 is 12.5 Å². The molecule has 3 aliphatic heterocycles. The minimum atomic E-state index is -4.90. The number of carbonyl (C=O) groups excluding carboxylic acids is 4. The molecular weight excluding hydrogens is 796 g/mol. The summed E-state index contributed by atoms with van der Waals surface area (Å²) >= 11 is 0. The average molecular weight is 846 g/mol. The van der Waals surface area contributed by atoms with E-state index in [0.717, 1.165) is 32.1 Å². The number of sulfonamides is 1. The molecule has 0 radical (unpaired) electrons. The molecule has 6 aliphatic rings.